The zero-order valence-corrected chi connectivity index (χ0v) is 11.5. The molecule has 0 aliphatic carbocycles. The van der Waals surface area contributed by atoms with Crippen LogP contribution in [0.15, 0.2) is 54.6 Å². The molecule has 2 rings (SSSR count). The highest BCUT2D eigenvalue weighted by Crippen LogP contribution is 2.24. The van der Waals surface area contributed by atoms with Crippen molar-refractivity contribution in [2.45, 2.75) is 13.0 Å². The number of benzene rings is 2. The minimum absolute atomic E-state index is 0.171. The molecule has 0 amide bonds. The van der Waals surface area contributed by atoms with Gasteiger partial charge in [0.05, 0.1) is 18.6 Å². The normalized spacial score (nSPS) is 13.2. The minimum Gasteiger partial charge on any atom is -0.395 e. The van der Waals surface area contributed by atoms with Gasteiger partial charge in [-0.25, -0.2) is 0 Å². The van der Waals surface area contributed by atoms with Crippen molar-refractivity contribution >= 4 is 0 Å². The summed E-state index contributed by atoms with van der Waals surface area (Å²) in [6.45, 7) is 1.77. The summed E-state index contributed by atoms with van der Waals surface area (Å²) in [5.41, 5.74) is 2.69. The van der Waals surface area contributed by atoms with Gasteiger partial charge in [-0.05, 0) is 30.2 Å². The SMILES string of the molecule is Cc1ccccc1[C@@H](O)[C@H](C#Cc1ccccc1)CO. The summed E-state index contributed by atoms with van der Waals surface area (Å²) in [6.07, 6.45) is -0.780. The molecule has 0 aliphatic heterocycles. The quantitative estimate of drug-likeness (QED) is 0.839. The molecule has 0 bridgehead atoms. The molecule has 2 aromatic carbocycles. The van der Waals surface area contributed by atoms with E-state index in [9.17, 15) is 10.2 Å². The van der Waals surface area contributed by atoms with Crippen LogP contribution in [0.3, 0.4) is 0 Å². The number of aryl methyl sites for hydroxylation is 1. The summed E-state index contributed by atoms with van der Waals surface area (Å²) in [7, 11) is 0. The van der Waals surface area contributed by atoms with E-state index in [2.05, 4.69) is 11.8 Å². The smallest absolute Gasteiger partial charge is 0.0952 e. The van der Waals surface area contributed by atoms with Crippen LogP contribution in [-0.2, 0) is 0 Å². The maximum Gasteiger partial charge on any atom is 0.0952 e. The van der Waals surface area contributed by atoms with Crippen LogP contribution in [0, 0.1) is 24.7 Å². The van der Waals surface area contributed by atoms with E-state index in [0.717, 1.165) is 16.7 Å². The average Bonchev–Trinajstić information content (AvgIpc) is 2.49. The van der Waals surface area contributed by atoms with Gasteiger partial charge >= 0.3 is 0 Å². The van der Waals surface area contributed by atoms with Crippen LogP contribution in [-0.4, -0.2) is 16.8 Å². The van der Waals surface area contributed by atoms with Crippen LogP contribution < -0.4 is 0 Å². The third-order valence-corrected chi connectivity index (χ3v) is 3.26. The fourth-order valence-electron chi connectivity index (χ4n) is 2.06. The molecule has 0 aromatic heterocycles. The Bertz CT molecular complexity index is 608. The molecule has 0 heterocycles. The van der Waals surface area contributed by atoms with E-state index in [4.69, 9.17) is 0 Å². The molecule has 0 unspecified atom stereocenters. The molecule has 20 heavy (non-hydrogen) atoms. The van der Waals surface area contributed by atoms with Gasteiger partial charge in [-0.2, -0.15) is 0 Å². The number of hydrogen-bond acceptors (Lipinski definition) is 2. The molecule has 0 radical (unpaired) electrons. The lowest BCUT2D eigenvalue weighted by Crippen LogP contribution is -2.15. The van der Waals surface area contributed by atoms with E-state index < -0.39 is 12.0 Å². The highest BCUT2D eigenvalue weighted by molar-refractivity contribution is 5.36. The van der Waals surface area contributed by atoms with Gasteiger partial charge in [0.2, 0.25) is 0 Å². The van der Waals surface area contributed by atoms with Crippen LogP contribution in [0.2, 0.25) is 0 Å². The summed E-state index contributed by atoms with van der Waals surface area (Å²) in [6, 6.07) is 17.2. The standard InChI is InChI=1S/C18H18O2/c1-14-7-5-6-10-17(14)18(20)16(13-19)12-11-15-8-3-2-4-9-15/h2-10,16,18-20H,13H2,1H3/t16-,18+/m1/s1. The van der Waals surface area contributed by atoms with Gasteiger partial charge in [0.15, 0.2) is 0 Å². The molecular formula is C18H18O2. The average molecular weight is 266 g/mol. The Labute approximate surface area is 119 Å². The Balaban J connectivity index is 2.21. The second kappa shape index (κ2) is 6.91. The molecule has 0 fully saturated rings. The molecule has 2 N–H and O–H groups in total. The fraction of sp³-hybridized carbons (Fsp3) is 0.222. The van der Waals surface area contributed by atoms with Gasteiger partial charge < -0.3 is 10.2 Å². The first-order chi connectivity index (χ1) is 9.72. The Morgan fingerprint density at radius 1 is 1.00 bits per heavy atom. The van der Waals surface area contributed by atoms with Gasteiger partial charge in [0, 0.05) is 5.56 Å². The van der Waals surface area contributed by atoms with Crippen molar-refractivity contribution in [3.8, 4) is 11.8 Å². The first-order valence-corrected chi connectivity index (χ1v) is 6.63. The summed E-state index contributed by atoms with van der Waals surface area (Å²) in [4.78, 5) is 0. The van der Waals surface area contributed by atoms with E-state index in [0.29, 0.717) is 0 Å². The van der Waals surface area contributed by atoms with Gasteiger partial charge in [0.1, 0.15) is 0 Å². The third-order valence-electron chi connectivity index (χ3n) is 3.26. The van der Waals surface area contributed by atoms with Crippen molar-refractivity contribution in [3.05, 3.63) is 71.3 Å². The predicted molar refractivity (Wildman–Crippen MR) is 80.0 cm³/mol. The van der Waals surface area contributed by atoms with Crippen molar-refractivity contribution in [1.82, 2.24) is 0 Å². The molecule has 102 valence electrons. The summed E-state index contributed by atoms with van der Waals surface area (Å²) in [5.74, 6) is 5.47. The van der Waals surface area contributed by atoms with E-state index in [1.165, 1.54) is 0 Å². The zero-order chi connectivity index (χ0) is 14.4. The molecule has 2 heteroatoms. The second-order valence-electron chi connectivity index (χ2n) is 4.73. The number of aliphatic hydroxyl groups is 2. The summed E-state index contributed by atoms with van der Waals surface area (Å²) in [5, 5.41) is 19.8. The van der Waals surface area contributed by atoms with E-state index in [1.807, 2.05) is 61.5 Å². The largest absolute Gasteiger partial charge is 0.395 e. The Kier molecular flexibility index (Phi) is 4.95. The molecule has 0 saturated heterocycles. The summed E-state index contributed by atoms with van der Waals surface area (Å²) < 4.78 is 0. The monoisotopic (exact) mass is 266 g/mol. The zero-order valence-electron chi connectivity index (χ0n) is 11.5. The van der Waals surface area contributed by atoms with Crippen molar-refractivity contribution in [1.29, 1.82) is 0 Å². The van der Waals surface area contributed by atoms with Gasteiger partial charge in [-0.15, -0.1) is 0 Å². The van der Waals surface area contributed by atoms with Crippen molar-refractivity contribution in [3.63, 3.8) is 0 Å². The number of rotatable bonds is 3. The predicted octanol–water partition coefficient (Wildman–Crippen LogP) is 2.69. The molecule has 0 aliphatic rings. The highest BCUT2D eigenvalue weighted by Gasteiger charge is 2.19. The van der Waals surface area contributed by atoms with Crippen molar-refractivity contribution < 1.29 is 10.2 Å². The number of hydrogen-bond donors (Lipinski definition) is 2. The molecule has 2 aromatic rings. The Morgan fingerprint density at radius 2 is 1.65 bits per heavy atom. The molecule has 0 saturated carbocycles. The van der Waals surface area contributed by atoms with Gasteiger partial charge in [0.25, 0.3) is 0 Å². The van der Waals surface area contributed by atoms with Crippen LogP contribution >= 0.6 is 0 Å². The van der Waals surface area contributed by atoms with E-state index in [-0.39, 0.29) is 6.61 Å². The first-order valence-electron chi connectivity index (χ1n) is 6.63. The second-order valence-corrected chi connectivity index (χ2v) is 4.73. The van der Waals surface area contributed by atoms with Crippen LogP contribution in [0.1, 0.15) is 22.8 Å². The lowest BCUT2D eigenvalue weighted by molar-refractivity contribution is 0.0962. The van der Waals surface area contributed by atoms with Crippen molar-refractivity contribution in [2.24, 2.45) is 5.92 Å². The molecule has 2 nitrogen and oxygen atoms in total. The third kappa shape index (κ3) is 3.48. The number of aliphatic hydroxyl groups excluding tert-OH is 2. The summed E-state index contributed by atoms with van der Waals surface area (Å²) >= 11 is 0. The van der Waals surface area contributed by atoms with E-state index in [1.54, 1.807) is 0 Å². The molecule has 2 atom stereocenters. The minimum atomic E-state index is -0.780. The van der Waals surface area contributed by atoms with Crippen LogP contribution in [0.4, 0.5) is 0 Å². The van der Waals surface area contributed by atoms with E-state index >= 15 is 0 Å². The topological polar surface area (TPSA) is 40.5 Å². The lowest BCUT2D eigenvalue weighted by atomic mass is 9.93. The Hall–Kier alpha value is -2.08. The van der Waals surface area contributed by atoms with Gasteiger partial charge in [-0.1, -0.05) is 54.3 Å². The maximum absolute atomic E-state index is 10.4. The highest BCUT2D eigenvalue weighted by atomic mass is 16.3. The maximum atomic E-state index is 10.4. The first kappa shape index (κ1) is 14.3. The Morgan fingerprint density at radius 3 is 2.30 bits per heavy atom. The fourth-order valence-corrected chi connectivity index (χ4v) is 2.06. The molecular weight excluding hydrogens is 248 g/mol. The van der Waals surface area contributed by atoms with Crippen molar-refractivity contribution in [2.75, 3.05) is 6.61 Å². The van der Waals surface area contributed by atoms with Gasteiger partial charge in [-0.3, -0.25) is 0 Å². The van der Waals surface area contributed by atoms with Crippen LogP contribution in [0.25, 0.3) is 0 Å². The molecule has 0 spiro atoms. The lowest BCUT2D eigenvalue weighted by Gasteiger charge is -2.18. The van der Waals surface area contributed by atoms with Crippen LogP contribution in [0.5, 0.6) is 0 Å².